The Kier molecular flexibility index (Phi) is 8.26. The van der Waals surface area contributed by atoms with E-state index in [1.165, 1.54) is 0 Å². The molecular weight excluding hydrogens is 240 g/mol. The Morgan fingerprint density at radius 2 is 1.33 bits per heavy atom. The fraction of sp³-hybridized carbons (Fsp3) is 0.583. The van der Waals surface area contributed by atoms with Crippen LogP contribution in [0, 0.1) is 5.92 Å². The van der Waals surface area contributed by atoms with Gasteiger partial charge < -0.3 is 14.2 Å². The normalized spacial score (nSPS) is 10.4. The van der Waals surface area contributed by atoms with E-state index < -0.39 is 23.8 Å². The van der Waals surface area contributed by atoms with E-state index in [0.29, 0.717) is 0 Å². The van der Waals surface area contributed by atoms with Crippen LogP contribution in [0.1, 0.15) is 20.8 Å². The van der Waals surface area contributed by atoms with Gasteiger partial charge in [-0.25, -0.2) is 4.79 Å². The molecule has 0 heterocycles. The molecule has 0 unspecified atom stereocenters. The topological polar surface area (TPSA) is 78.9 Å². The van der Waals surface area contributed by atoms with E-state index in [9.17, 15) is 14.4 Å². The second-order valence-corrected chi connectivity index (χ2v) is 3.09. The number of hydrogen-bond donors (Lipinski definition) is 0. The number of hydrogen-bond acceptors (Lipinski definition) is 6. The first-order chi connectivity index (χ1) is 8.56. The second kappa shape index (κ2) is 9.21. The Hall–Kier alpha value is -1.85. The van der Waals surface area contributed by atoms with Gasteiger partial charge in [0.2, 0.25) is 0 Å². The molecule has 0 aromatic rings. The summed E-state index contributed by atoms with van der Waals surface area (Å²) in [4.78, 5) is 34.1. The van der Waals surface area contributed by atoms with Gasteiger partial charge in [-0.05, 0) is 20.8 Å². The van der Waals surface area contributed by atoms with E-state index in [2.05, 4.69) is 4.74 Å². The molecule has 0 aromatic heterocycles. The molecule has 0 aliphatic carbocycles. The molecule has 0 N–H and O–H groups in total. The predicted molar refractivity (Wildman–Crippen MR) is 62.5 cm³/mol. The summed E-state index contributed by atoms with van der Waals surface area (Å²) in [6.45, 7) is 5.39. The minimum Gasteiger partial charge on any atom is -0.465 e. The lowest BCUT2D eigenvalue weighted by Crippen LogP contribution is -2.26. The van der Waals surface area contributed by atoms with Crippen LogP contribution in [-0.4, -0.2) is 37.7 Å². The summed E-state index contributed by atoms with van der Waals surface area (Å²) >= 11 is 0. The van der Waals surface area contributed by atoms with E-state index in [0.717, 1.165) is 12.2 Å². The van der Waals surface area contributed by atoms with Gasteiger partial charge in [0, 0.05) is 6.08 Å². The third-order valence-corrected chi connectivity index (χ3v) is 1.79. The molecule has 0 spiro atoms. The van der Waals surface area contributed by atoms with Crippen LogP contribution in [0.5, 0.6) is 0 Å². The van der Waals surface area contributed by atoms with Gasteiger partial charge in [-0.2, -0.15) is 0 Å². The van der Waals surface area contributed by atoms with Crippen LogP contribution >= 0.6 is 0 Å². The summed E-state index contributed by atoms with van der Waals surface area (Å²) in [6, 6.07) is 0. The molecule has 0 aliphatic heterocycles. The molecule has 0 bridgehead atoms. The van der Waals surface area contributed by atoms with Crippen LogP contribution < -0.4 is 0 Å². The largest absolute Gasteiger partial charge is 0.465 e. The first-order valence-electron chi connectivity index (χ1n) is 5.74. The first kappa shape index (κ1) is 16.1. The molecule has 0 rings (SSSR count). The zero-order valence-corrected chi connectivity index (χ0v) is 10.8. The molecule has 18 heavy (non-hydrogen) atoms. The van der Waals surface area contributed by atoms with Crippen molar-refractivity contribution in [2.45, 2.75) is 20.8 Å². The molecule has 0 fully saturated rings. The van der Waals surface area contributed by atoms with Gasteiger partial charge in [-0.3, -0.25) is 9.59 Å². The van der Waals surface area contributed by atoms with E-state index in [1.807, 2.05) is 0 Å². The quantitative estimate of drug-likeness (QED) is 0.291. The van der Waals surface area contributed by atoms with Gasteiger partial charge in [-0.1, -0.05) is 6.08 Å². The summed E-state index contributed by atoms with van der Waals surface area (Å²) in [5, 5.41) is 0. The number of esters is 3. The summed E-state index contributed by atoms with van der Waals surface area (Å²) in [7, 11) is 0. The minimum atomic E-state index is -1.24. The predicted octanol–water partition coefficient (Wildman–Crippen LogP) is 0.848. The summed E-state index contributed by atoms with van der Waals surface area (Å²) in [5.74, 6) is -3.38. The Balaban J connectivity index is 4.71. The lowest BCUT2D eigenvalue weighted by molar-refractivity contribution is -0.158. The number of rotatable bonds is 7. The Labute approximate surface area is 106 Å². The van der Waals surface area contributed by atoms with Crippen LogP contribution in [0.25, 0.3) is 0 Å². The number of carbonyl (C=O) groups excluding carboxylic acids is 3. The van der Waals surface area contributed by atoms with Crippen molar-refractivity contribution < 1.29 is 28.6 Å². The molecule has 0 saturated heterocycles. The molecular formula is C12H18O6. The zero-order chi connectivity index (χ0) is 14.0. The molecule has 0 saturated carbocycles. The SMILES string of the molecule is CCOC(=O)/C=C/C(C(=O)OCC)C(=O)OCC. The van der Waals surface area contributed by atoms with Crippen molar-refractivity contribution in [3.05, 3.63) is 12.2 Å². The highest BCUT2D eigenvalue weighted by Crippen LogP contribution is 2.06. The maximum absolute atomic E-state index is 11.5. The summed E-state index contributed by atoms with van der Waals surface area (Å²) < 4.78 is 14.1. The van der Waals surface area contributed by atoms with E-state index in [1.54, 1.807) is 20.8 Å². The molecule has 0 radical (unpaired) electrons. The maximum Gasteiger partial charge on any atom is 0.330 e. The van der Waals surface area contributed by atoms with E-state index in [-0.39, 0.29) is 19.8 Å². The van der Waals surface area contributed by atoms with Crippen molar-refractivity contribution in [2.75, 3.05) is 19.8 Å². The van der Waals surface area contributed by atoms with E-state index >= 15 is 0 Å². The monoisotopic (exact) mass is 258 g/mol. The minimum absolute atomic E-state index is 0.141. The molecule has 0 amide bonds. The highest BCUT2D eigenvalue weighted by Gasteiger charge is 2.26. The molecule has 6 heteroatoms. The van der Waals surface area contributed by atoms with Crippen molar-refractivity contribution in [3.63, 3.8) is 0 Å². The summed E-state index contributed by atoms with van der Waals surface area (Å²) in [5.41, 5.74) is 0. The molecule has 102 valence electrons. The standard InChI is InChI=1S/C12H18O6/c1-4-16-10(13)8-7-9(11(14)17-5-2)12(15)18-6-3/h7-9H,4-6H2,1-3H3/b8-7+. The lowest BCUT2D eigenvalue weighted by atomic mass is 10.1. The Morgan fingerprint density at radius 1 is 0.889 bits per heavy atom. The second-order valence-electron chi connectivity index (χ2n) is 3.09. The Bertz CT molecular complexity index is 303. The highest BCUT2D eigenvalue weighted by molar-refractivity contribution is 5.98. The third kappa shape index (κ3) is 6.03. The van der Waals surface area contributed by atoms with Crippen molar-refractivity contribution in [1.82, 2.24) is 0 Å². The van der Waals surface area contributed by atoms with Gasteiger partial charge in [0.05, 0.1) is 19.8 Å². The van der Waals surface area contributed by atoms with Crippen molar-refractivity contribution in [3.8, 4) is 0 Å². The average molecular weight is 258 g/mol. The number of ether oxygens (including phenoxy) is 3. The van der Waals surface area contributed by atoms with Gasteiger partial charge in [-0.15, -0.1) is 0 Å². The number of carbonyl (C=O) groups is 3. The lowest BCUT2D eigenvalue weighted by Gasteiger charge is -2.10. The van der Waals surface area contributed by atoms with Crippen LogP contribution in [0.15, 0.2) is 12.2 Å². The Morgan fingerprint density at radius 3 is 1.72 bits per heavy atom. The van der Waals surface area contributed by atoms with Crippen molar-refractivity contribution in [1.29, 1.82) is 0 Å². The fourth-order valence-electron chi connectivity index (χ4n) is 1.08. The zero-order valence-electron chi connectivity index (χ0n) is 10.8. The van der Waals surface area contributed by atoms with Crippen LogP contribution in [0.3, 0.4) is 0 Å². The van der Waals surface area contributed by atoms with Gasteiger partial charge >= 0.3 is 17.9 Å². The molecule has 0 atom stereocenters. The average Bonchev–Trinajstić information content (AvgIpc) is 2.30. The van der Waals surface area contributed by atoms with Crippen LogP contribution in [0.4, 0.5) is 0 Å². The maximum atomic E-state index is 11.5. The fourth-order valence-corrected chi connectivity index (χ4v) is 1.08. The first-order valence-corrected chi connectivity index (χ1v) is 5.74. The van der Waals surface area contributed by atoms with Gasteiger partial charge in [0.1, 0.15) is 0 Å². The van der Waals surface area contributed by atoms with Crippen molar-refractivity contribution in [2.24, 2.45) is 5.92 Å². The summed E-state index contributed by atoms with van der Waals surface area (Å²) in [6.07, 6.45) is 2.13. The highest BCUT2D eigenvalue weighted by atomic mass is 16.6. The van der Waals surface area contributed by atoms with Crippen LogP contribution in [0.2, 0.25) is 0 Å². The van der Waals surface area contributed by atoms with Gasteiger partial charge in [0.25, 0.3) is 0 Å². The molecule has 0 aromatic carbocycles. The molecule has 6 nitrogen and oxygen atoms in total. The van der Waals surface area contributed by atoms with Crippen LogP contribution in [-0.2, 0) is 28.6 Å². The molecule has 0 aliphatic rings. The third-order valence-electron chi connectivity index (χ3n) is 1.79. The van der Waals surface area contributed by atoms with Crippen molar-refractivity contribution >= 4 is 17.9 Å². The van der Waals surface area contributed by atoms with Gasteiger partial charge in [0.15, 0.2) is 5.92 Å². The van der Waals surface area contributed by atoms with E-state index in [4.69, 9.17) is 9.47 Å². The smallest absolute Gasteiger partial charge is 0.330 e.